The number of furan rings is 1. The monoisotopic (exact) mass is 315 g/mol. The third-order valence-corrected chi connectivity index (χ3v) is 4.22. The fourth-order valence-electron chi connectivity index (χ4n) is 2.87. The van der Waals surface area contributed by atoms with Crippen molar-refractivity contribution in [1.29, 1.82) is 0 Å². The van der Waals surface area contributed by atoms with Gasteiger partial charge in [-0.3, -0.25) is 4.79 Å². The number of nitrogens with zero attached hydrogens (tertiary/aromatic N) is 3. The SMILES string of the molecule is COc1ccc(N2CCN(C(=O)c3c(C)coc3C)CC2)nc1. The van der Waals surface area contributed by atoms with Gasteiger partial charge in [-0.25, -0.2) is 4.98 Å². The van der Waals surface area contributed by atoms with E-state index in [4.69, 9.17) is 9.15 Å². The van der Waals surface area contributed by atoms with E-state index in [2.05, 4.69) is 9.88 Å². The van der Waals surface area contributed by atoms with Crippen molar-refractivity contribution in [1.82, 2.24) is 9.88 Å². The van der Waals surface area contributed by atoms with E-state index in [-0.39, 0.29) is 5.91 Å². The number of rotatable bonds is 3. The highest BCUT2D eigenvalue weighted by Gasteiger charge is 2.26. The zero-order valence-corrected chi connectivity index (χ0v) is 13.7. The van der Waals surface area contributed by atoms with Crippen LogP contribution in [0.4, 0.5) is 5.82 Å². The maximum Gasteiger partial charge on any atom is 0.257 e. The van der Waals surface area contributed by atoms with Crippen molar-refractivity contribution in [2.75, 3.05) is 38.2 Å². The molecule has 2 aromatic heterocycles. The Kier molecular flexibility index (Phi) is 4.23. The number of pyridine rings is 1. The van der Waals surface area contributed by atoms with Crippen molar-refractivity contribution >= 4 is 11.7 Å². The molecule has 0 unspecified atom stereocenters. The first kappa shape index (κ1) is 15.4. The Labute approximate surface area is 135 Å². The van der Waals surface area contributed by atoms with E-state index < -0.39 is 0 Å². The number of carbonyl (C=O) groups is 1. The summed E-state index contributed by atoms with van der Waals surface area (Å²) in [7, 11) is 1.63. The molecule has 2 aromatic rings. The molecule has 6 heteroatoms. The third kappa shape index (κ3) is 3.02. The second-order valence-corrected chi connectivity index (χ2v) is 5.69. The second-order valence-electron chi connectivity index (χ2n) is 5.69. The van der Waals surface area contributed by atoms with Gasteiger partial charge in [-0.15, -0.1) is 0 Å². The van der Waals surface area contributed by atoms with Crippen LogP contribution in [0.25, 0.3) is 0 Å². The molecule has 0 bridgehead atoms. The highest BCUT2D eigenvalue weighted by Crippen LogP contribution is 2.21. The van der Waals surface area contributed by atoms with Crippen LogP contribution < -0.4 is 9.64 Å². The number of hydrogen-bond donors (Lipinski definition) is 0. The van der Waals surface area contributed by atoms with Gasteiger partial charge in [0.05, 0.1) is 25.1 Å². The standard InChI is InChI=1S/C17H21N3O3/c1-12-11-23-13(2)16(12)17(21)20-8-6-19(7-9-20)15-5-4-14(22-3)10-18-15/h4-5,10-11H,6-9H2,1-3H3. The first-order valence-corrected chi connectivity index (χ1v) is 7.69. The van der Waals surface area contributed by atoms with Gasteiger partial charge in [0.2, 0.25) is 0 Å². The molecule has 0 aliphatic carbocycles. The van der Waals surface area contributed by atoms with Crippen LogP contribution in [0.15, 0.2) is 29.0 Å². The average Bonchev–Trinajstić information content (AvgIpc) is 2.93. The molecule has 6 nitrogen and oxygen atoms in total. The first-order valence-electron chi connectivity index (χ1n) is 7.69. The minimum atomic E-state index is 0.0519. The Morgan fingerprint density at radius 1 is 1.22 bits per heavy atom. The molecule has 122 valence electrons. The third-order valence-electron chi connectivity index (χ3n) is 4.22. The number of piperazine rings is 1. The lowest BCUT2D eigenvalue weighted by atomic mass is 10.1. The summed E-state index contributed by atoms with van der Waals surface area (Å²) in [5.41, 5.74) is 1.59. The number of anilines is 1. The minimum absolute atomic E-state index is 0.0519. The number of carbonyl (C=O) groups excluding carboxylic acids is 1. The van der Waals surface area contributed by atoms with E-state index in [9.17, 15) is 4.79 Å². The van der Waals surface area contributed by atoms with Gasteiger partial charge in [-0.2, -0.15) is 0 Å². The number of hydrogen-bond acceptors (Lipinski definition) is 5. The molecular weight excluding hydrogens is 294 g/mol. The van der Waals surface area contributed by atoms with Gasteiger partial charge in [0, 0.05) is 31.7 Å². The maximum atomic E-state index is 12.6. The summed E-state index contributed by atoms with van der Waals surface area (Å²) in [6.45, 7) is 6.62. The lowest BCUT2D eigenvalue weighted by Crippen LogP contribution is -2.49. The molecule has 0 aromatic carbocycles. The van der Waals surface area contributed by atoms with Crippen molar-refractivity contribution in [3.63, 3.8) is 0 Å². The summed E-state index contributed by atoms with van der Waals surface area (Å²) in [5.74, 6) is 2.39. The molecule has 0 atom stereocenters. The van der Waals surface area contributed by atoms with E-state index >= 15 is 0 Å². The molecule has 23 heavy (non-hydrogen) atoms. The molecule has 0 spiro atoms. The quantitative estimate of drug-likeness (QED) is 0.869. The number of amides is 1. The van der Waals surface area contributed by atoms with E-state index in [0.717, 1.165) is 30.2 Å². The molecule has 3 heterocycles. The topological polar surface area (TPSA) is 58.8 Å². The van der Waals surface area contributed by atoms with Gasteiger partial charge in [-0.1, -0.05) is 0 Å². The zero-order valence-electron chi connectivity index (χ0n) is 13.7. The fraction of sp³-hybridized carbons (Fsp3) is 0.412. The number of aryl methyl sites for hydroxylation is 2. The highest BCUT2D eigenvalue weighted by atomic mass is 16.5. The Balaban J connectivity index is 1.65. The molecule has 0 N–H and O–H groups in total. The summed E-state index contributed by atoms with van der Waals surface area (Å²) < 4.78 is 10.5. The van der Waals surface area contributed by atoms with E-state index in [1.54, 1.807) is 19.6 Å². The average molecular weight is 315 g/mol. The molecule has 1 saturated heterocycles. The van der Waals surface area contributed by atoms with Crippen LogP contribution in [0.1, 0.15) is 21.7 Å². The second kappa shape index (κ2) is 6.32. The summed E-state index contributed by atoms with van der Waals surface area (Å²) in [6.07, 6.45) is 3.35. The molecule has 1 fully saturated rings. The smallest absolute Gasteiger partial charge is 0.257 e. The van der Waals surface area contributed by atoms with Gasteiger partial charge < -0.3 is 19.0 Å². The minimum Gasteiger partial charge on any atom is -0.495 e. The van der Waals surface area contributed by atoms with Crippen LogP contribution in [-0.4, -0.2) is 49.1 Å². The van der Waals surface area contributed by atoms with Crippen LogP contribution in [0, 0.1) is 13.8 Å². The fourth-order valence-corrected chi connectivity index (χ4v) is 2.87. The van der Waals surface area contributed by atoms with Crippen LogP contribution in [-0.2, 0) is 0 Å². The van der Waals surface area contributed by atoms with Crippen LogP contribution in [0.5, 0.6) is 5.75 Å². The Hall–Kier alpha value is -2.50. The van der Waals surface area contributed by atoms with Crippen LogP contribution in [0.2, 0.25) is 0 Å². The summed E-state index contributed by atoms with van der Waals surface area (Å²) >= 11 is 0. The Morgan fingerprint density at radius 3 is 2.48 bits per heavy atom. The van der Waals surface area contributed by atoms with Crippen LogP contribution >= 0.6 is 0 Å². The molecular formula is C17H21N3O3. The molecule has 1 aliphatic rings. The number of ether oxygens (including phenoxy) is 1. The van der Waals surface area contributed by atoms with Crippen molar-refractivity contribution in [3.8, 4) is 5.75 Å². The van der Waals surface area contributed by atoms with Gasteiger partial charge in [0.15, 0.2) is 0 Å². The van der Waals surface area contributed by atoms with Crippen molar-refractivity contribution in [2.45, 2.75) is 13.8 Å². The Morgan fingerprint density at radius 2 is 1.96 bits per heavy atom. The van der Waals surface area contributed by atoms with Gasteiger partial charge in [-0.05, 0) is 26.0 Å². The zero-order chi connectivity index (χ0) is 16.4. The lowest BCUT2D eigenvalue weighted by molar-refractivity contribution is 0.0744. The predicted molar refractivity (Wildman–Crippen MR) is 87.1 cm³/mol. The van der Waals surface area contributed by atoms with Crippen molar-refractivity contribution in [3.05, 3.63) is 41.5 Å². The van der Waals surface area contributed by atoms with Crippen molar-refractivity contribution < 1.29 is 13.9 Å². The first-order chi connectivity index (χ1) is 11.1. The molecule has 0 saturated carbocycles. The van der Waals surface area contributed by atoms with Gasteiger partial charge >= 0.3 is 0 Å². The van der Waals surface area contributed by atoms with Gasteiger partial charge in [0.1, 0.15) is 17.3 Å². The molecule has 0 radical (unpaired) electrons. The maximum absolute atomic E-state index is 12.6. The normalized spacial score (nSPS) is 14.9. The number of methoxy groups -OCH3 is 1. The van der Waals surface area contributed by atoms with E-state index in [1.807, 2.05) is 30.9 Å². The highest BCUT2D eigenvalue weighted by molar-refractivity contribution is 5.96. The van der Waals surface area contributed by atoms with Crippen molar-refractivity contribution in [2.24, 2.45) is 0 Å². The lowest BCUT2D eigenvalue weighted by Gasteiger charge is -2.35. The molecule has 1 aliphatic heterocycles. The van der Waals surface area contributed by atoms with E-state index in [0.29, 0.717) is 24.4 Å². The number of aromatic nitrogens is 1. The summed E-state index contributed by atoms with van der Waals surface area (Å²) in [5, 5.41) is 0. The molecule has 3 rings (SSSR count). The largest absolute Gasteiger partial charge is 0.495 e. The summed E-state index contributed by atoms with van der Waals surface area (Å²) in [6, 6.07) is 3.85. The van der Waals surface area contributed by atoms with E-state index in [1.165, 1.54) is 0 Å². The Bertz CT molecular complexity index is 666. The predicted octanol–water partition coefficient (Wildman–Crippen LogP) is 2.26. The molecule has 1 amide bonds. The van der Waals surface area contributed by atoms with Crippen LogP contribution in [0.3, 0.4) is 0 Å². The summed E-state index contributed by atoms with van der Waals surface area (Å²) in [4.78, 5) is 21.1. The van der Waals surface area contributed by atoms with Gasteiger partial charge in [0.25, 0.3) is 5.91 Å².